The molecule has 2 atom stereocenters. The van der Waals surface area contributed by atoms with Gasteiger partial charge in [0, 0.05) is 0 Å². The second kappa shape index (κ2) is 5.97. The van der Waals surface area contributed by atoms with Crippen LogP contribution in [0.3, 0.4) is 0 Å². The Hall–Kier alpha value is -1.70. The van der Waals surface area contributed by atoms with Crippen LogP contribution in [0.15, 0.2) is 18.2 Å². The third-order valence-corrected chi connectivity index (χ3v) is 3.85. The Morgan fingerprint density at radius 2 is 1.76 bits per heavy atom. The number of ether oxygens (including phenoxy) is 1. The van der Waals surface area contributed by atoms with Crippen molar-refractivity contribution in [2.45, 2.75) is 45.4 Å². The zero-order chi connectivity index (χ0) is 15.6. The Kier molecular flexibility index (Phi) is 4.46. The lowest BCUT2D eigenvalue weighted by molar-refractivity contribution is -0.137. The Morgan fingerprint density at radius 1 is 1.14 bits per heavy atom. The van der Waals surface area contributed by atoms with Crippen LogP contribution < -0.4 is 4.74 Å². The van der Waals surface area contributed by atoms with Gasteiger partial charge in [-0.1, -0.05) is 13.8 Å². The van der Waals surface area contributed by atoms with Crippen LogP contribution in [-0.2, 0) is 6.18 Å². The zero-order valence-electron chi connectivity index (χ0n) is 12.1. The molecule has 2 unspecified atom stereocenters. The molecule has 2 nitrogen and oxygen atoms in total. The predicted molar refractivity (Wildman–Crippen MR) is 72.8 cm³/mol. The number of hydrogen-bond donors (Lipinski definition) is 0. The summed E-state index contributed by atoms with van der Waals surface area (Å²) in [5.41, 5.74) is -1.31. The van der Waals surface area contributed by atoms with Crippen LogP contribution in [-0.4, -0.2) is 6.10 Å². The van der Waals surface area contributed by atoms with Gasteiger partial charge in [-0.15, -0.1) is 0 Å². The van der Waals surface area contributed by atoms with E-state index in [0.717, 1.165) is 25.3 Å². The Morgan fingerprint density at radius 3 is 2.29 bits per heavy atom. The fraction of sp³-hybridized carbons (Fsp3) is 0.562. The zero-order valence-corrected chi connectivity index (χ0v) is 12.1. The van der Waals surface area contributed by atoms with Crippen LogP contribution in [0.2, 0.25) is 0 Å². The summed E-state index contributed by atoms with van der Waals surface area (Å²) in [6.45, 7) is 4.30. The van der Waals surface area contributed by atoms with Gasteiger partial charge in [-0.25, -0.2) is 0 Å². The molecule has 0 bridgehead atoms. The highest BCUT2D eigenvalue weighted by molar-refractivity contribution is 5.44. The molecular formula is C16H18F3NO. The lowest BCUT2D eigenvalue weighted by Gasteiger charge is -2.31. The maximum absolute atomic E-state index is 12.7. The summed E-state index contributed by atoms with van der Waals surface area (Å²) < 4.78 is 44.0. The molecule has 0 aliphatic heterocycles. The molecule has 114 valence electrons. The number of alkyl halides is 3. The van der Waals surface area contributed by atoms with Crippen LogP contribution in [0.5, 0.6) is 5.75 Å². The van der Waals surface area contributed by atoms with Gasteiger partial charge in [0.15, 0.2) is 0 Å². The molecule has 1 fully saturated rings. The van der Waals surface area contributed by atoms with Crippen molar-refractivity contribution >= 4 is 0 Å². The molecule has 0 amide bonds. The smallest absolute Gasteiger partial charge is 0.417 e. The summed E-state index contributed by atoms with van der Waals surface area (Å²) in [5, 5.41) is 8.89. The molecule has 1 aliphatic carbocycles. The van der Waals surface area contributed by atoms with E-state index in [1.165, 1.54) is 12.1 Å². The van der Waals surface area contributed by atoms with Gasteiger partial charge < -0.3 is 4.74 Å². The van der Waals surface area contributed by atoms with E-state index in [2.05, 4.69) is 13.8 Å². The van der Waals surface area contributed by atoms with Crippen molar-refractivity contribution in [3.8, 4) is 11.8 Å². The fourth-order valence-electron chi connectivity index (χ4n) is 3.10. The predicted octanol–water partition coefficient (Wildman–Crippen LogP) is 4.78. The lowest BCUT2D eigenvalue weighted by Crippen LogP contribution is -2.28. The molecule has 0 N–H and O–H groups in total. The minimum absolute atomic E-state index is 0.00651. The fourth-order valence-corrected chi connectivity index (χ4v) is 3.10. The van der Waals surface area contributed by atoms with E-state index >= 15 is 0 Å². The van der Waals surface area contributed by atoms with Crippen LogP contribution in [0.4, 0.5) is 13.2 Å². The number of benzene rings is 1. The van der Waals surface area contributed by atoms with Crippen molar-refractivity contribution in [3.63, 3.8) is 0 Å². The van der Waals surface area contributed by atoms with Crippen molar-refractivity contribution in [2.75, 3.05) is 0 Å². The van der Waals surface area contributed by atoms with Crippen molar-refractivity contribution < 1.29 is 17.9 Å². The third kappa shape index (κ3) is 3.90. The van der Waals surface area contributed by atoms with Gasteiger partial charge in [-0.3, -0.25) is 0 Å². The van der Waals surface area contributed by atoms with Gasteiger partial charge in [0.1, 0.15) is 5.75 Å². The molecule has 0 aromatic heterocycles. The molecule has 2 rings (SSSR count). The number of nitrogens with zero attached hydrogens (tertiary/aromatic N) is 1. The molecule has 0 radical (unpaired) electrons. The van der Waals surface area contributed by atoms with Crippen LogP contribution >= 0.6 is 0 Å². The maximum Gasteiger partial charge on any atom is 0.417 e. The molecule has 0 spiro atoms. The minimum Gasteiger partial charge on any atom is -0.490 e. The summed E-state index contributed by atoms with van der Waals surface area (Å²) in [4.78, 5) is 0. The number of hydrogen-bond acceptors (Lipinski definition) is 2. The van der Waals surface area contributed by atoms with Crippen molar-refractivity contribution in [3.05, 3.63) is 29.3 Å². The topological polar surface area (TPSA) is 33.0 Å². The Labute approximate surface area is 122 Å². The van der Waals surface area contributed by atoms with E-state index in [1.807, 2.05) is 0 Å². The molecule has 21 heavy (non-hydrogen) atoms. The molecule has 5 heteroatoms. The highest BCUT2D eigenvalue weighted by Crippen LogP contribution is 2.35. The Bertz CT molecular complexity index is 537. The van der Waals surface area contributed by atoms with E-state index in [4.69, 9.17) is 10.00 Å². The van der Waals surface area contributed by atoms with E-state index in [9.17, 15) is 13.2 Å². The van der Waals surface area contributed by atoms with Gasteiger partial charge >= 0.3 is 6.18 Å². The van der Waals surface area contributed by atoms with Crippen molar-refractivity contribution in [1.29, 1.82) is 5.26 Å². The number of nitriles is 1. The van der Waals surface area contributed by atoms with Crippen molar-refractivity contribution in [2.24, 2.45) is 11.8 Å². The maximum atomic E-state index is 12.7. The van der Waals surface area contributed by atoms with Gasteiger partial charge in [-0.2, -0.15) is 18.4 Å². The first-order valence-electron chi connectivity index (χ1n) is 7.07. The number of halogens is 3. The second-order valence-corrected chi connectivity index (χ2v) is 5.97. The van der Waals surface area contributed by atoms with Crippen LogP contribution in [0.1, 0.15) is 44.2 Å². The van der Waals surface area contributed by atoms with Crippen LogP contribution in [0, 0.1) is 23.2 Å². The van der Waals surface area contributed by atoms with E-state index in [0.29, 0.717) is 17.6 Å². The van der Waals surface area contributed by atoms with Gasteiger partial charge in [0.05, 0.1) is 23.3 Å². The minimum atomic E-state index is -4.52. The highest BCUT2D eigenvalue weighted by atomic mass is 19.4. The van der Waals surface area contributed by atoms with Gasteiger partial charge in [0.25, 0.3) is 0 Å². The Balaban J connectivity index is 2.17. The second-order valence-electron chi connectivity index (χ2n) is 5.97. The first-order valence-corrected chi connectivity index (χ1v) is 7.07. The normalized spacial score (nSPS) is 26.2. The average Bonchev–Trinajstić information content (AvgIpc) is 2.36. The first kappa shape index (κ1) is 15.7. The summed E-state index contributed by atoms with van der Waals surface area (Å²) in [6.07, 6.45) is -1.57. The van der Waals surface area contributed by atoms with Gasteiger partial charge in [-0.05, 0) is 49.3 Å². The summed E-state index contributed by atoms with van der Waals surface area (Å²) >= 11 is 0. The molecule has 1 saturated carbocycles. The molecule has 1 aromatic rings. The summed E-state index contributed by atoms with van der Waals surface area (Å²) in [6, 6.07) is 5.00. The average molecular weight is 297 g/mol. The monoisotopic (exact) mass is 297 g/mol. The largest absolute Gasteiger partial charge is 0.490 e. The SMILES string of the molecule is CC1CC(C)CC(Oc2ccc(C(F)(F)F)c(C#N)c2)C1. The van der Waals surface area contributed by atoms with Crippen LogP contribution in [0.25, 0.3) is 0 Å². The number of rotatable bonds is 2. The highest BCUT2D eigenvalue weighted by Gasteiger charge is 2.34. The quantitative estimate of drug-likeness (QED) is 0.787. The van der Waals surface area contributed by atoms with E-state index in [-0.39, 0.29) is 6.10 Å². The van der Waals surface area contributed by atoms with Gasteiger partial charge in [0.2, 0.25) is 0 Å². The first-order chi connectivity index (χ1) is 9.79. The molecule has 1 aromatic carbocycles. The molecule has 0 saturated heterocycles. The molecule has 0 heterocycles. The van der Waals surface area contributed by atoms with E-state index in [1.54, 1.807) is 6.07 Å². The van der Waals surface area contributed by atoms with E-state index < -0.39 is 17.3 Å². The third-order valence-electron chi connectivity index (χ3n) is 3.85. The summed E-state index contributed by atoms with van der Waals surface area (Å²) in [7, 11) is 0. The molecular weight excluding hydrogens is 279 g/mol. The summed E-state index contributed by atoms with van der Waals surface area (Å²) in [5.74, 6) is 1.43. The molecule has 1 aliphatic rings. The van der Waals surface area contributed by atoms with Crippen molar-refractivity contribution in [1.82, 2.24) is 0 Å². The lowest BCUT2D eigenvalue weighted by atomic mass is 9.82. The standard InChI is InChI=1S/C16H18F3NO/c1-10-5-11(2)7-14(6-10)21-13-3-4-15(16(17,18)19)12(8-13)9-20/h3-4,8,10-11,14H,5-7H2,1-2H3.